The van der Waals surface area contributed by atoms with E-state index in [-0.39, 0.29) is 11.0 Å². The van der Waals surface area contributed by atoms with E-state index in [9.17, 15) is 19.2 Å². The van der Waals surface area contributed by atoms with Gasteiger partial charge in [0.15, 0.2) is 0 Å². The summed E-state index contributed by atoms with van der Waals surface area (Å²) < 4.78 is 0. The van der Waals surface area contributed by atoms with Crippen molar-refractivity contribution in [3.8, 4) is 0 Å². The normalized spacial score (nSPS) is 20.5. The zero-order valence-corrected chi connectivity index (χ0v) is 9.32. The first-order chi connectivity index (χ1) is 7.90. The average molecular weight is 262 g/mol. The standard InChI is InChI=1S/C8H10N2O6S/c11-5(12)1-3(7(14)15)9-6(13)4-2-17-8(16)10-4/h3-4H,1-2H2,(H,9,13)(H,10,16)(H,11,12)(H,14,15)/t3-,4?/m0/s1. The topological polar surface area (TPSA) is 133 Å². The Balaban J connectivity index is 2.55. The molecule has 1 aliphatic rings. The minimum absolute atomic E-state index is 0.198. The van der Waals surface area contributed by atoms with Gasteiger partial charge in [-0.2, -0.15) is 0 Å². The fraction of sp³-hybridized carbons (Fsp3) is 0.500. The molecular formula is C8H10N2O6S. The van der Waals surface area contributed by atoms with E-state index in [1.54, 1.807) is 0 Å². The van der Waals surface area contributed by atoms with Gasteiger partial charge in [0.25, 0.3) is 5.24 Å². The number of carbonyl (C=O) groups excluding carboxylic acids is 2. The van der Waals surface area contributed by atoms with Crippen molar-refractivity contribution in [2.75, 3.05) is 5.75 Å². The summed E-state index contributed by atoms with van der Waals surface area (Å²) in [6.07, 6.45) is -0.713. The van der Waals surface area contributed by atoms with Crippen LogP contribution in [0.4, 0.5) is 4.79 Å². The minimum atomic E-state index is -1.50. The molecule has 4 N–H and O–H groups in total. The number of nitrogens with one attached hydrogen (secondary N) is 2. The van der Waals surface area contributed by atoms with Gasteiger partial charge in [-0.1, -0.05) is 11.8 Å². The minimum Gasteiger partial charge on any atom is -0.481 e. The Morgan fingerprint density at radius 2 is 2.12 bits per heavy atom. The predicted molar refractivity (Wildman–Crippen MR) is 56.6 cm³/mol. The van der Waals surface area contributed by atoms with Crippen molar-refractivity contribution in [2.45, 2.75) is 18.5 Å². The third-order valence-electron chi connectivity index (χ3n) is 1.98. The van der Waals surface area contributed by atoms with Gasteiger partial charge in [0, 0.05) is 5.75 Å². The fourth-order valence-electron chi connectivity index (χ4n) is 1.17. The Bertz CT molecular complexity index is 371. The summed E-state index contributed by atoms with van der Waals surface area (Å²) in [5.74, 6) is -3.26. The number of rotatable bonds is 5. The molecule has 1 heterocycles. The molecule has 2 atom stereocenters. The third kappa shape index (κ3) is 3.94. The maximum Gasteiger partial charge on any atom is 0.326 e. The van der Waals surface area contributed by atoms with Gasteiger partial charge in [0.05, 0.1) is 6.42 Å². The first kappa shape index (κ1) is 13.3. The van der Waals surface area contributed by atoms with Gasteiger partial charge in [-0.05, 0) is 0 Å². The number of thioether (sulfide) groups is 1. The summed E-state index contributed by atoms with van der Waals surface area (Å²) in [7, 11) is 0. The lowest BCUT2D eigenvalue weighted by Gasteiger charge is -2.15. The SMILES string of the molecule is O=C(O)C[C@H](NC(=O)C1CSC(=O)N1)C(=O)O. The van der Waals surface area contributed by atoms with Crippen LogP contribution in [-0.2, 0) is 14.4 Å². The second-order valence-electron chi connectivity index (χ2n) is 3.29. The molecule has 0 saturated carbocycles. The van der Waals surface area contributed by atoms with Crippen LogP contribution < -0.4 is 10.6 Å². The van der Waals surface area contributed by atoms with Crippen molar-refractivity contribution in [1.29, 1.82) is 0 Å². The predicted octanol–water partition coefficient (Wildman–Crippen LogP) is -1.14. The molecule has 0 aliphatic carbocycles. The molecule has 17 heavy (non-hydrogen) atoms. The maximum atomic E-state index is 11.5. The van der Waals surface area contributed by atoms with Crippen molar-refractivity contribution in [2.24, 2.45) is 0 Å². The van der Waals surface area contributed by atoms with Gasteiger partial charge in [-0.15, -0.1) is 0 Å². The first-order valence-corrected chi connectivity index (χ1v) is 5.57. The van der Waals surface area contributed by atoms with E-state index in [1.807, 2.05) is 0 Å². The van der Waals surface area contributed by atoms with Gasteiger partial charge in [-0.25, -0.2) is 4.79 Å². The second kappa shape index (κ2) is 5.53. The van der Waals surface area contributed by atoms with Gasteiger partial charge in [0.2, 0.25) is 5.91 Å². The number of aliphatic carboxylic acids is 2. The van der Waals surface area contributed by atoms with Crippen LogP contribution in [0.5, 0.6) is 0 Å². The third-order valence-corrected chi connectivity index (χ3v) is 2.86. The molecule has 0 aromatic rings. The van der Waals surface area contributed by atoms with Gasteiger partial charge < -0.3 is 20.8 Å². The Morgan fingerprint density at radius 3 is 2.53 bits per heavy atom. The summed E-state index contributed by atoms with van der Waals surface area (Å²) in [5, 5.41) is 21.2. The average Bonchev–Trinajstić information content (AvgIpc) is 2.63. The van der Waals surface area contributed by atoms with Crippen LogP contribution in [0.25, 0.3) is 0 Å². The number of carbonyl (C=O) groups is 4. The molecule has 1 aliphatic heterocycles. The Kier molecular flexibility index (Phi) is 4.32. The zero-order valence-electron chi connectivity index (χ0n) is 8.50. The van der Waals surface area contributed by atoms with Gasteiger partial charge in [-0.3, -0.25) is 14.4 Å². The highest BCUT2D eigenvalue weighted by atomic mass is 32.2. The largest absolute Gasteiger partial charge is 0.481 e. The van der Waals surface area contributed by atoms with E-state index in [1.165, 1.54) is 0 Å². The van der Waals surface area contributed by atoms with Crippen LogP contribution >= 0.6 is 11.8 Å². The molecule has 2 amide bonds. The summed E-state index contributed by atoms with van der Waals surface area (Å²) in [6.45, 7) is 0. The van der Waals surface area contributed by atoms with E-state index in [2.05, 4.69) is 10.6 Å². The molecule has 0 bridgehead atoms. The zero-order chi connectivity index (χ0) is 13.0. The number of carboxylic acid groups (broad SMARTS) is 2. The fourth-order valence-corrected chi connectivity index (χ4v) is 1.95. The summed E-state index contributed by atoms with van der Waals surface area (Å²) in [5.41, 5.74) is 0. The Morgan fingerprint density at radius 1 is 1.47 bits per heavy atom. The molecule has 1 rings (SSSR count). The molecule has 0 radical (unpaired) electrons. The van der Waals surface area contributed by atoms with Crippen molar-refractivity contribution in [1.82, 2.24) is 10.6 Å². The number of hydrogen-bond acceptors (Lipinski definition) is 5. The van der Waals surface area contributed by atoms with Crippen LogP contribution in [-0.4, -0.2) is 51.1 Å². The lowest BCUT2D eigenvalue weighted by molar-refractivity contribution is -0.147. The highest BCUT2D eigenvalue weighted by molar-refractivity contribution is 8.14. The number of amides is 2. The molecule has 0 aromatic heterocycles. The first-order valence-electron chi connectivity index (χ1n) is 4.58. The molecule has 0 aromatic carbocycles. The van der Waals surface area contributed by atoms with E-state index < -0.39 is 36.4 Å². The highest BCUT2D eigenvalue weighted by Crippen LogP contribution is 2.13. The summed E-state index contributed by atoms with van der Waals surface area (Å²) in [4.78, 5) is 43.4. The van der Waals surface area contributed by atoms with E-state index >= 15 is 0 Å². The molecule has 1 saturated heterocycles. The van der Waals surface area contributed by atoms with Crippen LogP contribution in [0.15, 0.2) is 0 Å². The van der Waals surface area contributed by atoms with Crippen LogP contribution in [0.2, 0.25) is 0 Å². The van der Waals surface area contributed by atoms with E-state index in [0.29, 0.717) is 0 Å². The van der Waals surface area contributed by atoms with E-state index in [0.717, 1.165) is 11.8 Å². The van der Waals surface area contributed by atoms with Crippen LogP contribution in [0, 0.1) is 0 Å². The number of hydrogen-bond donors (Lipinski definition) is 4. The van der Waals surface area contributed by atoms with Crippen molar-refractivity contribution < 1.29 is 29.4 Å². The second-order valence-corrected chi connectivity index (χ2v) is 4.29. The van der Waals surface area contributed by atoms with Crippen molar-refractivity contribution in [3.05, 3.63) is 0 Å². The lowest BCUT2D eigenvalue weighted by atomic mass is 10.2. The number of carboxylic acids is 2. The van der Waals surface area contributed by atoms with Crippen molar-refractivity contribution >= 4 is 34.8 Å². The smallest absolute Gasteiger partial charge is 0.326 e. The van der Waals surface area contributed by atoms with Crippen molar-refractivity contribution in [3.63, 3.8) is 0 Å². The maximum absolute atomic E-state index is 11.5. The molecule has 1 fully saturated rings. The Labute approximate surface area is 99.7 Å². The van der Waals surface area contributed by atoms with E-state index in [4.69, 9.17) is 10.2 Å². The lowest BCUT2D eigenvalue weighted by Crippen LogP contribution is -2.50. The summed E-state index contributed by atoms with van der Waals surface area (Å²) in [6, 6.07) is -2.31. The Hall–Kier alpha value is -1.77. The van der Waals surface area contributed by atoms with Gasteiger partial charge >= 0.3 is 11.9 Å². The highest BCUT2D eigenvalue weighted by Gasteiger charge is 2.31. The van der Waals surface area contributed by atoms with Crippen LogP contribution in [0.1, 0.15) is 6.42 Å². The molecule has 1 unspecified atom stereocenters. The van der Waals surface area contributed by atoms with Crippen LogP contribution in [0.3, 0.4) is 0 Å². The molecule has 8 nitrogen and oxygen atoms in total. The molecular weight excluding hydrogens is 252 g/mol. The molecule has 94 valence electrons. The van der Waals surface area contributed by atoms with Gasteiger partial charge in [0.1, 0.15) is 12.1 Å². The quantitative estimate of drug-likeness (QED) is 0.492. The monoisotopic (exact) mass is 262 g/mol. The molecule has 0 spiro atoms. The molecule has 9 heteroatoms. The summed E-state index contributed by atoms with van der Waals surface area (Å²) >= 11 is 0.908.